The Bertz CT molecular complexity index is 762. The standard InChI is InChI=1S/C14H19N5O3S/c1-14(2,3)18-23(21,22)12-6-4-11(5-7-12)17-13(20)8-19-10-15-9-16-19/h4-7,9-10,18H,8H2,1-3H3,(H,17,20). The Balaban J connectivity index is 2.03. The van der Waals surface area contributed by atoms with Crippen molar-refractivity contribution in [3.63, 3.8) is 0 Å². The van der Waals surface area contributed by atoms with Crippen molar-refractivity contribution in [1.29, 1.82) is 0 Å². The second-order valence-electron chi connectivity index (χ2n) is 6.02. The second kappa shape index (κ2) is 6.47. The number of hydrogen-bond donors (Lipinski definition) is 2. The van der Waals surface area contributed by atoms with Crippen LogP contribution in [-0.4, -0.2) is 34.6 Å². The highest BCUT2D eigenvalue weighted by Crippen LogP contribution is 2.16. The number of carbonyl (C=O) groups is 1. The molecule has 0 aliphatic heterocycles. The van der Waals surface area contributed by atoms with E-state index in [1.807, 2.05) is 0 Å². The lowest BCUT2D eigenvalue weighted by atomic mass is 10.1. The van der Waals surface area contributed by atoms with Crippen molar-refractivity contribution in [3.05, 3.63) is 36.9 Å². The van der Waals surface area contributed by atoms with Crippen LogP contribution in [0, 0.1) is 0 Å². The van der Waals surface area contributed by atoms with Crippen LogP contribution in [0.2, 0.25) is 0 Å². The molecule has 0 aliphatic rings. The van der Waals surface area contributed by atoms with Crippen molar-refractivity contribution < 1.29 is 13.2 Å². The summed E-state index contributed by atoms with van der Waals surface area (Å²) in [4.78, 5) is 15.7. The van der Waals surface area contributed by atoms with Crippen LogP contribution in [-0.2, 0) is 21.4 Å². The van der Waals surface area contributed by atoms with Gasteiger partial charge in [-0.25, -0.2) is 22.8 Å². The first-order valence-electron chi connectivity index (χ1n) is 6.92. The molecule has 8 nitrogen and oxygen atoms in total. The molecule has 0 spiro atoms. The number of anilines is 1. The third kappa shape index (κ3) is 5.15. The summed E-state index contributed by atoms with van der Waals surface area (Å²) in [5.41, 5.74) is -0.0615. The first kappa shape index (κ1) is 17.1. The van der Waals surface area contributed by atoms with Crippen molar-refractivity contribution >= 4 is 21.6 Å². The van der Waals surface area contributed by atoms with Crippen LogP contribution in [0.4, 0.5) is 5.69 Å². The number of rotatable bonds is 5. The van der Waals surface area contributed by atoms with Gasteiger partial charge < -0.3 is 5.32 Å². The monoisotopic (exact) mass is 337 g/mol. The van der Waals surface area contributed by atoms with Crippen molar-refractivity contribution in [2.45, 2.75) is 37.8 Å². The molecule has 1 aromatic carbocycles. The average molecular weight is 337 g/mol. The molecular weight excluding hydrogens is 318 g/mol. The summed E-state index contributed by atoms with van der Waals surface area (Å²) >= 11 is 0. The maximum absolute atomic E-state index is 12.2. The molecule has 23 heavy (non-hydrogen) atoms. The molecular formula is C14H19N5O3S. The predicted molar refractivity (Wildman–Crippen MR) is 85.2 cm³/mol. The zero-order chi connectivity index (χ0) is 17.1. The number of nitrogens with one attached hydrogen (secondary N) is 2. The predicted octanol–water partition coefficient (Wildman–Crippen LogP) is 0.994. The van der Waals surface area contributed by atoms with E-state index in [1.54, 1.807) is 20.8 Å². The summed E-state index contributed by atoms with van der Waals surface area (Å²) in [6.45, 7) is 5.33. The molecule has 0 radical (unpaired) electrons. The highest BCUT2D eigenvalue weighted by atomic mass is 32.2. The van der Waals surface area contributed by atoms with Crippen LogP contribution in [0.25, 0.3) is 0 Å². The highest BCUT2D eigenvalue weighted by molar-refractivity contribution is 7.89. The lowest BCUT2D eigenvalue weighted by Gasteiger charge is -2.20. The number of amides is 1. The molecule has 1 heterocycles. The fourth-order valence-electron chi connectivity index (χ4n) is 1.84. The quantitative estimate of drug-likeness (QED) is 0.846. The number of nitrogens with zero attached hydrogens (tertiary/aromatic N) is 3. The number of sulfonamides is 1. The van der Waals surface area contributed by atoms with E-state index in [9.17, 15) is 13.2 Å². The molecule has 1 aromatic heterocycles. The van der Waals surface area contributed by atoms with Gasteiger partial charge in [-0.2, -0.15) is 5.10 Å². The smallest absolute Gasteiger partial charge is 0.246 e. The van der Waals surface area contributed by atoms with E-state index >= 15 is 0 Å². The molecule has 0 saturated heterocycles. The minimum Gasteiger partial charge on any atom is -0.324 e. The van der Waals surface area contributed by atoms with Crippen LogP contribution in [0.5, 0.6) is 0 Å². The van der Waals surface area contributed by atoms with Crippen LogP contribution < -0.4 is 10.0 Å². The molecule has 9 heteroatoms. The third-order valence-corrected chi connectivity index (χ3v) is 4.43. The molecule has 2 aromatic rings. The normalized spacial score (nSPS) is 12.1. The zero-order valence-electron chi connectivity index (χ0n) is 13.1. The second-order valence-corrected chi connectivity index (χ2v) is 7.70. The summed E-state index contributed by atoms with van der Waals surface area (Å²) in [6.07, 6.45) is 2.78. The Kier molecular flexibility index (Phi) is 4.81. The van der Waals surface area contributed by atoms with Crippen molar-refractivity contribution in [2.24, 2.45) is 0 Å². The van der Waals surface area contributed by atoms with Gasteiger partial charge >= 0.3 is 0 Å². The van der Waals surface area contributed by atoms with E-state index in [0.717, 1.165) is 0 Å². The zero-order valence-corrected chi connectivity index (χ0v) is 14.0. The molecule has 0 unspecified atom stereocenters. The SMILES string of the molecule is CC(C)(C)NS(=O)(=O)c1ccc(NC(=O)Cn2cncn2)cc1. The van der Waals surface area contributed by atoms with E-state index in [0.29, 0.717) is 5.69 Å². The molecule has 0 fully saturated rings. The fraction of sp³-hybridized carbons (Fsp3) is 0.357. The Morgan fingerprint density at radius 2 is 1.87 bits per heavy atom. The molecule has 2 rings (SSSR count). The minimum atomic E-state index is -3.59. The largest absolute Gasteiger partial charge is 0.324 e. The fourth-order valence-corrected chi connectivity index (χ4v) is 3.26. The Hall–Kier alpha value is -2.26. The van der Waals surface area contributed by atoms with Gasteiger partial charge in [0, 0.05) is 11.2 Å². The van der Waals surface area contributed by atoms with Crippen molar-refractivity contribution in [3.8, 4) is 0 Å². The van der Waals surface area contributed by atoms with Gasteiger partial charge in [0.15, 0.2) is 0 Å². The average Bonchev–Trinajstić information content (AvgIpc) is 2.89. The highest BCUT2D eigenvalue weighted by Gasteiger charge is 2.21. The molecule has 0 saturated carbocycles. The summed E-state index contributed by atoms with van der Waals surface area (Å²) in [5, 5.41) is 6.50. The minimum absolute atomic E-state index is 0.0334. The van der Waals surface area contributed by atoms with Gasteiger partial charge in [0.1, 0.15) is 19.2 Å². The van der Waals surface area contributed by atoms with Crippen molar-refractivity contribution in [1.82, 2.24) is 19.5 Å². The maximum atomic E-state index is 12.2. The Morgan fingerprint density at radius 1 is 1.22 bits per heavy atom. The first-order chi connectivity index (χ1) is 10.7. The Morgan fingerprint density at radius 3 is 2.39 bits per heavy atom. The van der Waals surface area contributed by atoms with Crippen LogP contribution in [0.3, 0.4) is 0 Å². The molecule has 1 amide bonds. The van der Waals surface area contributed by atoms with E-state index in [1.165, 1.54) is 41.6 Å². The topological polar surface area (TPSA) is 106 Å². The van der Waals surface area contributed by atoms with Gasteiger partial charge in [0.25, 0.3) is 0 Å². The third-order valence-electron chi connectivity index (χ3n) is 2.66. The molecule has 0 aliphatic carbocycles. The van der Waals surface area contributed by atoms with E-state index in [4.69, 9.17) is 0 Å². The molecule has 0 atom stereocenters. The van der Waals surface area contributed by atoms with Gasteiger partial charge in [-0.05, 0) is 45.0 Å². The van der Waals surface area contributed by atoms with Crippen LogP contribution in [0.1, 0.15) is 20.8 Å². The molecule has 2 N–H and O–H groups in total. The summed E-state index contributed by atoms with van der Waals surface area (Å²) in [7, 11) is -3.59. The Labute approximate surface area is 135 Å². The molecule has 124 valence electrons. The lowest BCUT2D eigenvalue weighted by molar-refractivity contribution is -0.116. The van der Waals surface area contributed by atoms with Gasteiger partial charge in [-0.15, -0.1) is 0 Å². The van der Waals surface area contributed by atoms with Gasteiger partial charge in [0.05, 0.1) is 4.90 Å². The number of benzene rings is 1. The number of aromatic nitrogens is 3. The molecule has 0 bridgehead atoms. The lowest BCUT2D eigenvalue weighted by Crippen LogP contribution is -2.40. The number of hydrogen-bond acceptors (Lipinski definition) is 5. The van der Waals surface area contributed by atoms with Gasteiger partial charge in [0.2, 0.25) is 15.9 Å². The summed E-state index contributed by atoms with van der Waals surface area (Å²) in [5.74, 6) is -0.279. The van der Waals surface area contributed by atoms with E-state index in [2.05, 4.69) is 20.1 Å². The van der Waals surface area contributed by atoms with Gasteiger partial charge in [-0.1, -0.05) is 0 Å². The summed E-state index contributed by atoms with van der Waals surface area (Å²) in [6, 6.07) is 5.96. The van der Waals surface area contributed by atoms with E-state index < -0.39 is 15.6 Å². The maximum Gasteiger partial charge on any atom is 0.246 e. The van der Waals surface area contributed by atoms with E-state index in [-0.39, 0.29) is 17.3 Å². The van der Waals surface area contributed by atoms with Crippen LogP contribution >= 0.6 is 0 Å². The number of carbonyl (C=O) groups excluding carboxylic acids is 1. The first-order valence-corrected chi connectivity index (χ1v) is 8.40. The summed E-state index contributed by atoms with van der Waals surface area (Å²) < 4.78 is 28.3. The van der Waals surface area contributed by atoms with Crippen LogP contribution in [0.15, 0.2) is 41.8 Å². The van der Waals surface area contributed by atoms with Crippen molar-refractivity contribution in [2.75, 3.05) is 5.32 Å². The van der Waals surface area contributed by atoms with Gasteiger partial charge in [-0.3, -0.25) is 4.79 Å².